The highest BCUT2D eigenvalue weighted by atomic mass is 16.7. The van der Waals surface area contributed by atoms with E-state index in [2.05, 4.69) is 14.8 Å². The highest BCUT2D eigenvalue weighted by Crippen LogP contribution is 2.23. The second-order valence-electron chi connectivity index (χ2n) is 4.29. The van der Waals surface area contributed by atoms with E-state index >= 15 is 0 Å². The highest BCUT2D eigenvalue weighted by molar-refractivity contribution is 5.84. The van der Waals surface area contributed by atoms with Crippen LogP contribution in [-0.2, 0) is 4.74 Å². The van der Waals surface area contributed by atoms with Crippen LogP contribution in [-0.4, -0.2) is 36.2 Å². The summed E-state index contributed by atoms with van der Waals surface area (Å²) in [5.74, 6) is 1.15. The number of benzene rings is 1. The van der Waals surface area contributed by atoms with Crippen molar-refractivity contribution in [2.24, 2.45) is 5.10 Å². The van der Waals surface area contributed by atoms with Gasteiger partial charge in [-0.25, -0.2) is 14.5 Å². The molecule has 2 N–H and O–H groups in total. The van der Waals surface area contributed by atoms with Gasteiger partial charge in [0, 0.05) is 5.56 Å². The second-order valence-corrected chi connectivity index (χ2v) is 4.29. The highest BCUT2D eigenvalue weighted by Gasteiger charge is 2.08. The van der Waals surface area contributed by atoms with Crippen LogP contribution in [0.3, 0.4) is 0 Å². The minimum Gasteiger partial charge on any atom is -0.496 e. The minimum absolute atomic E-state index is 0.273. The first-order valence-corrected chi connectivity index (χ1v) is 6.33. The molecule has 0 fully saturated rings. The molecule has 0 spiro atoms. The Bertz CT molecular complexity index is 709. The Morgan fingerprint density at radius 3 is 2.77 bits per heavy atom. The first-order chi connectivity index (χ1) is 10.5. The van der Waals surface area contributed by atoms with E-state index in [1.807, 2.05) is 6.92 Å². The van der Waals surface area contributed by atoms with Crippen LogP contribution < -0.4 is 15.2 Å². The number of nitrogens with zero attached hydrogens (tertiary/aromatic N) is 3. The molecule has 1 aromatic carbocycles. The summed E-state index contributed by atoms with van der Waals surface area (Å²) in [5, 5.41) is 4.20. The van der Waals surface area contributed by atoms with E-state index in [1.54, 1.807) is 24.4 Å². The molecular weight excluding hydrogens is 288 g/mol. The van der Waals surface area contributed by atoms with Crippen molar-refractivity contribution in [1.29, 1.82) is 0 Å². The quantitative estimate of drug-likeness (QED) is 0.525. The summed E-state index contributed by atoms with van der Waals surface area (Å²) in [5.41, 5.74) is 7.07. The molecule has 0 radical (unpaired) electrons. The second kappa shape index (κ2) is 6.61. The van der Waals surface area contributed by atoms with E-state index in [0.29, 0.717) is 17.1 Å². The number of aromatic nitrogens is 2. The van der Waals surface area contributed by atoms with E-state index in [0.717, 1.165) is 5.69 Å². The van der Waals surface area contributed by atoms with Crippen LogP contribution in [0.15, 0.2) is 29.5 Å². The molecule has 8 nitrogen and oxygen atoms in total. The molecular formula is C14H16N4O4. The molecule has 0 aliphatic carbocycles. The number of hydrogen-bond acceptors (Lipinski definition) is 7. The zero-order chi connectivity index (χ0) is 16.1. The fourth-order valence-electron chi connectivity index (χ4n) is 1.74. The van der Waals surface area contributed by atoms with Gasteiger partial charge in [0.1, 0.15) is 11.5 Å². The lowest BCUT2D eigenvalue weighted by molar-refractivity contribution is 0.121. The predicted molar refractivity (Wildman–Crippen MR) is 80.4 cm³/mol. The lowest BCUT2D eigenvalue weighted by Crippen LogP contribution is -2.07. The number of carbonyl (C=O) groups excluding carboxylic acids is 1. The number of hydrogen-bond donors (Lipinski definition) is 1. The van der Waals surface area contributed by atoms with Crippen LogP contribution in [0.25, 0.3) is 0 Å². The number of nitrogens with two attached hydrogens (primary N) is 1. The first kappa shape index (κ1) is 15.4. The summed E-state index contributed by atoms with van der Waals surface area (Å²) in [7, 11) is 2.77. The molecule has 0 aliphatic heterocycles. The van der Waals surface area contributed by atoms with Gasteiger partial charge in [0.25, 0.3) is 0 Å². The van der Waals surface area contributed by atoms with E-state index in [9.17, 15) is 4.79 Å². The van der Waals surface area contributed by atoms with Crippen LogP contribution in [0.5, 0.6) is 11.5 Å². The summed E-state index contributed by atoms with van der Waals surface area (Å²) in [6.45, 7) is 1.81. The van der Waals surface area contributed by atoms with Crippen molar-refractivity contribution in [2.45, 2.75) is 6.92 Å². The molecule has 0 atom stereocenters. The average Bonchev–Trinajstić information content (AvgIpc) is 2.83. The molecule has 0 saturated carbocycles. The number of methoxy groups -OCH3 is 2. The lowest BCUT2D eigenvalue weighted by Gasteiger charge is -2.07. The number of ether oxygens (including phenoxy) is 3. The van der Waals surface area contributed by atoms with E-state index < -0.39 is 6.16 Å². The Labute approximate surface area is 127 Å². The molecule has 0 saturated heterocycles. The van der Waals surface area contributed by atoms with Crippen LogP contribution in [0, 0.1) is 6.92 Å². The first-order valence-electron chi connectivity index (χ1n) is 6.33. The van der Waals surface area contributed by atoms with Gasteiger partial charge in [-0.2, -0.15) is 5.10 Å². The Morgan fingerprint density at radius 1 is 1.41 bits per heavy atom. The molecule has 0 bridgehead atoms. The summed E-state index contributed by atoms with van der Waals surface area (Å²) < 4.78 is 16.1. The maximum atomic E-state index is 11.1. The lowest BCUT2D eigenvalue weighted by atomic mass is 10.2. The summed E-state index contributed by atoms with van der Waals surface area (Å²) in [6.07, 6.45) is 2.41. The van der Waals surface area contributed by atoms with Crippen molar-refractivity contribution in [3.8, 4) is 11.5 Å². The summed E-state index contributed by atoms with van der Waals surface area (Å²) >= 11 is 0. The summed E-state index contributed by atoms with van der Waals surface area (Å²) in [4.78, 5) is 15.2. The van der Waals surface area contributed by atoms with Gasteiger partial charge in [0.15, 0.2) is 0 Å². The Hall–Kier alpha value is -3.03. The van der Waals surface area contributed by atoms with Crippen molar-refractivity contribution >= 4 is 18.3 Å². The monoisotopic (exact) mass is 304 g/mol. The van der Waals surface area contributed by atoms with E-state index in [-0.39, 0.29) is 5.95 Å². The largest absolute Gasteiger partial charge is 0.513 e. The average molecular weight is 304 g/mol. The van der Waals surface area contributed by atoms with Crippen LogP contribution in [0.4, 0.5) is 10.7 Å². The number of nitrogen functional groups attached to an aromatic ring is 1. The van der Waals surface area contributed by atoms with Crippen molar-refractivity contribution in [2.75, 3.05) is 20.0 Å². The standard InChI is InChI=1S/C14H16N4O4/c1-9-8-18(13(15)17-9)16-7-10-6-11(22-14(19)21-3)4-5-12(10)20-2/h4-8H,1-3H3,(H2,15,17). The van der Waals surface area contributed by atoms with Gasteiger partial charge >= 0.3 is 6.16 Å². The van der Waals surface area contributed by atoms with Crippen molar-refractivity contribution in [3.63, 3.8) is 0 Å². The number of carbonyl (C=O) groups is 1. The topological polar surface area (TPSA) is 101 Å². The van der Waals surface area contributed by atoms with Gasteiger partial charge in [-0.15, -0.1) is 0 Å². The smallest absolute Gasteiger partial charge is 0.496 e. The summed E-state index contributed by atoms with van der Waals surface area (Å²) in [6, 6.07) is 4.84. The molecule has 0 unspecified atom stereocenters. The Morgan fingerprint density at radius 2 is 2.18 bits per heavy atom. The molecule has 8 heteroatoms. The van der Waals surface area contributed by atoms with Gasteiger partial charge in [-0.05, 0) is 25.1 Å². The third kappa shape index (κ3) is 3.54. The SMILES string of the molecule is COC(=O)Oc1ccc(OC)c(C=Nn2cc(C)nc2N)c1. The fraction of sp³-hybridized carbons (Fsp3) is 0.214. The zero-order valence-corrected chi connectivity index (χ0v) is 12.4. The fourth-order valence-corrected chi connectivity index (χ4v) is 1.74. The third-order valence-corrected chi connectivity index (χ3v) is 2.72. The minimum atomic E-state index is -0.803. The molecule has 116 valence electrons. The predicted octanol–water partition coefficient (Wildman–Crippen LogP) is 1.81. The van der Waals surface area contributed by atoms with Gasteiger partial charge in [-0.1, -0.05) is 0 Å². The third-order valence-electron chi connectivity index (χ3n) is 2.72. The molecule has 0 aliphatic rings. The van der Waals surface area contributed by atoms with Crippen molar-refractivity contribution in [3.05, 3.63) is 35.7 Å². The number of aryl methyl sites for hydroxylation is 1. The van der Waals surface area contributed by atoms with Crippen LogP contribution >= 0.6 is 0 Å². The van der Waals surface area contributed by atoms with Crippen LogP contribution in [0.2, 0.25) is 0 Å². The maximum absolute atomic E-state index is 11.1. The molecule has 1 aromatic heterocycles. The number of rotatable bonds is 4. The normalized spacial score (nSPS) is 10.7. The Balaban J connectivity index is 2.29. The van der Waals surface area contributed by atoms with Crippen molar-refractivity contribution in [1.82, 2.24) is 9.66 Å². The zero-order valence-electron chi connectivity index (χ0n) is 12.4. The van der Waals surface area contributed by atoms with Gasteiger partial charge < -0.3 is 19.9 Å². The number of anilines is 1. The maximum Gasteiger partial charge on any atom is 0.513 e. The van der Waals surface area contributed by atoms with Gasteiger partial charge in [-0.3, -0.25) is 0 Å². The van der Waals surface area contributed by atoms with Gasteiger partial charge in [0.05, 0.1) is 32.3 Å². The molecule has 2 rings (SSSR count). The number of imidazole rings is 1. The van der Waals surface area contributed by atoms with E-state index in [4.69, 9.17) is 15.2 Å². The van der Waals surface area contributed by atoms with Crippen molar-refractivity contribution < 1.29 is 19.0 Å². The van der Waals surface area contributed by atoms with E-state index in [1.165, 1.54) is 25.1 Å². The molecule has 0 amide bonds. The molecule has 2 aromatic rings. The van der Waals surface area contributed by atoms with Crippen LogP contribution in [0.1, 0.15) is 11.3 Å². The van der Waals surface area contributed by atoms with Gasteiger partial charge in [0.2, 0.25) is 5.95 Å². The Kier molecular flexibility index (Phi) is 4.62. The molecule has 1 heterocycles. The molecule has 22 heavy (non-hydrogen) atoms.